The van der Waals surface area contributed by atoms with Gasteiger partial charge in [0.2, 0.25) is 0 Å². The molecule has 10 atom stereocenters. The van der Waals surface area contributed by atoms with Gasteiger partial charge in [-0.15, -0.1) is 0 Å². The minimum Gasteiger partial charge on any atom is -0.393 e. The number of hydrogen-bond donors (Lipinski definition) is 2. The molecule has 0 bridgehead atoms. The third-order valence-electron chi connectivity index (χ3n) is 11.2. The highest BCUT2D eigenvalue weighted by molar-refractivity contribution is 5.07. The summed E-state index contributed by atoms with van der Waals surface area (Å²) in [4.78, 5) is 0. The molecule has 4 rings (SSSR count). The van der Waals surface area contributed by atoms with Crippen molar-refractivity contribution in [1.29, 1.82) is 0 Å². The Morgan fingerprint density at radius 2 is 1.60 bits per heavy atom. The van der Waals surface area contributed by atoms with Crippen molar-refractivity contribution in [2.24, 2.45) is 52.8 Å². The maximum absolute atomic E-state index is 10.9. The average molecular weight is 419 g/mol. The lowest BCUT2D eigenvalue weighted by atomic mass is 9.48. The molecule has 2 nitrogen and oxygen atoms in total. The van der Waals surface area contributed by atoms with Gasteiger partial charge in [0.15, 0.2) is 0 Å². The Bertz CT molecular complexity index is 587. The first kappa shape index (κ1) is 23.1. The van der Waals surface area contributed by atoms with E-state index in [0.29, 0.717) is 11.3 Å². The fourth-order valence-electron chi connectivity index (χ4n) is 9.23. The highest BCUT2D eigenvalue weighted by atomic mass is 16.3. The summed E-state index contributed by atoms with van der Waals surface area (Å²) in [5, 5.41) is 21.2. The van der Waals surface area contributed by atoms with Crippen molar-refractivity contribution in [3.63, 3.8) is 0 Å². The van der Waals surface area contributed by atoms with Crippen LogP contribution in [0.4, 0.5) is 0 Å². The van der Waals surface area contributed by atoms with E-state index >= 15 is 0 Å². The molecule has 4 aliphatic carbocycles. The van der Waals surface area contributed by atoms with Gasteiger partial charge in [-0.05, 0) is 130 Å². The van der Waals surface area contributed by atoms with Crippen LogP contribution in [0.5, 0.6) is 0 Å². The van der Waals surface area contributed by atoms with Gasteiger partial charge in [-0.1, -0.05) is 34.6 Å². The summed E-state index contributed by atoms with van der Waals surface area (Å²) < 4.78 is 0. The third kappa shape index (κ3) is 4.02. The van der Waals surface area contributed by atoms with Crippen molar-refractivity contribution in [1.82, 2.24) is 0 Å². The van der Waals surface area contributed by atoms with E-state index in [1.54, 1.807) is 0 Å². The zero-order valence-corrected chi connectivity index (χ0v) is 20.6. The van der Waals surface area contributed by atoms with Crippen LogP contribution in [-0.4, -0.2) is 21.9 Å². The molecule has 174 valence electrons. The summed E-state index contributed by atoms with van der Waals surface area (Å²) in [6, 6.07) is 0. The quantitative estimate of drug-likeness (QED) is 0.496. The van der Waals surface area contributed by atoms with Crippen molar-refractivity contribution < 1.29 is 10.2 Å². The zero-order chi connectivity index (χ0) is 21.7. The van der Waals surface area contributed by atoms with Crippen molar-refractivity contribution in [2.75, 3.05) is 0 Å². The van der Waals surface area contributed by atoms with Crippen LogP contribution in [0.3, 0.4) is 0 Å². The van der Waals surface area contributed by atoms with E-state index in [0.717, 1.165) is 67.1 Å². The third-order valence-corrected chi connectivity index (χ3v) is 11.2. The maximum atomic E-state index is 10.9. The summed E-state index contributed by atoms with van der Waals surface area (Å²) in [6.07, 6.45) is 15.0. The lowest BCUT2D eigenvalue weighted by Crippen LogP contribution is -2.51. The van der Waals surface area contributed by atoms with Crippen molar-refractivity contribution >= 4 is 0 Å². The second kappa shape index (κ2) is 8.69. The van der Waals surface area contributed by atoms with Gasteiger partial charge in [0, 0.05) is 0 Å². The summed E-state index contributed by atoms with van der Waals surface area (Å²) >= 11 is 0. The van der Waals surface area contributed by atoms with Gasteiger partial charge in [0.05, 0.1) is 11.7 Å². The van der Waals surface area contributed by atoms with Gasteiger partial charge in [0.1, 0.15) is 0 Å². The molecule has 0 aromatic rings. The van der Waals surface area contributed by atoms with Crippen LogP contribution in [0.25, 0.3) is 0 Å². The molecule has 4 saturated carbocycles. The van der Waals surface area contributed by atoms with Crippen LogP contribution >= 0.6 is 0 Å². The Balaban J connectivity index is 1.42. The topological polar surface area (TPSA) is 40.5 Å². The number of aliphatic hydroxyl groups is 2. The monoisotopic (exact) mass is 418 g/mol. The smallest absolute Gasteiger partial charge is 0.0648 e. The predicted octanol–water partition coefficient (Wildman–Crippen LogP) is 6.83. The van der Waals surface area contributed by atoms with Gasteiger partial charge < -0.3 is 10.2 Å². The van der Waals surface area contributed by atoms with E-state index in [9.17, 15) is 10.2 Å². The van der Waals surface area contributed by atoms with Crippen LogP contribution < -0.4 is 0 Å². The average Bonchev–Trinajstić information content (AvgIpc) is 3.08. The molecule has 2 N–H and O–H groups in total. The van der Waals surface area contributed by atoms with E-state index in [4.69, 9.17) is 0 Å². The standard InChI is InChI=1S/C28H50O2/c1-6-28(30)16-14-21-20(17-28)8-9-23-22(21)13-15-27(5)24(10-11-25(23)27)19(4)7-12-26(29)18(2)3/h18-26,29-30H,6-17H2,1-5H3/t19-,20+,21+,22-,23-,24-,25+,26?,27-,28+/m1/s1. The van der Waals surface area contributed by atoms with Gasteiger partial charge in [-0.25, -0.2) is 0 Å². The normalized spacial score (nSPS) is 48.0. The fourth-order valence-corrected chi connectivity index (χ4v) is 9.23. The Morgan fingerprint density at radius 3 is 2.30 bits per heavy atom. The lowest BCUT2D eigenvalue weighted by molar-refractivity contribution is -0.109. The number of hydrogen-bond acceptors (Lipinski definition) is 2. The molecule has 0 aliphatic heterocycles. The minimum absolute atomic E-state index is 0.128. The first-order valence-electron chi connectivity index (χ1n) is 13.6. The SMILES string of the molecule is CC[C@]1(O)CC[C@H]2[C@@H](CC[C@@H]3[C@@H]2CC[C@]2(C)[C@@H]([C@H](C)CCC(O)C(C)C)CC[C@@H]32)C1. The fraction of sp³-hybridized carbons (Fsp3) is 1.00. The molecule has 0 saturated heterocycles. The number of aliphatic hydroxyl groups excluding tert-OH is 1. The largest absolute Gasteiger partial charge is 0.393 e. The zero-order valence-electron chi connectivity index (χ0n) is 20.6. The molecular weight excluding hydrogens is 368 g/mol. The summed E-state index contributed by atoms with van der Waals surface area (Å²) in [7, 11) is 0. The molecule has 1 unspecified atom stereocenters. The van der Waals surface area contributed by atoms with Crippen LogP contribution in [0, 0.1) is 52.8 Å². The molecule has 0 aromatic carbocycles. The van der Waals surface area contributed by atoms with Crippen LogP contribution in [0.15, 0.2) is 0 Å². The second-order valence-electron chi connectivity index (χ2n) is 12.9. The molecule has 0 spiro atoms. The predicted molar refractivity (Wildman–Crippen MR) is 125 cm³/mol. The Morgan fingerprint density at radius 1 is 0.867 bits per heavy atom. The van der Waals surface area contributed by atoms with Crippen molar-refractivity contribution in [3.05, 3.63) is 0 Å². The molecule has 4 aliphatic rings. The summed E-state index contributed by atoms with van der Waals surface area (Å²) in [5.74, 6) is 6.52. The van der Waals surface area contributed by atoms with Crippen molar-refractivity contribution in [2.45, 2.75) is 123 Å². The molecule has 0 aromatic heterocycles. The van der Waals surface area contributed by atoms with Gasteiger partial charge in [-0.2, -0.15) is 0 Å². The van der Waals surface area contributed by atoms with E-state index < -0.39 is 0 Å². The number of fused-ring (bicyclic) bond motifs is 5. The molecule has 0 radical (unpaired) electrons. The summed E-state index contributed by atoms with van der Waals surface area (Å²) in [5.41, 5.74) is 0.181. The Kier molecular flexibility index (Phi) is 6.69. The minimum atomic E-state index is -0.356. The second-order valence-corrected chi connectivity index (χ2v) is 12.9. The molecule has 30 heavy (non-hydrogen) atoms. The van der Waals surface area contributed by atoms with Gasteiger partial charge in [0.25, 0.3) is 0 Å². The van der Waals surface area contributed by atoms with E-state index in [1.807, 2.05) is 0 Å². The van der Waals surface area contributed by atoms with E-state index in [2.05, 4.69) is 34.6 Å². The first-order chi connectivity index (χ1) is 14.2. The molecule has 2 heteroatoms. The molecule has 0 amide bonds. The highest BCUT2D eigenvalue weighted by Crippen LogP contribution is 2.66. The lowest BCUT2D eigenvalue weighted by Gasteiger charge is -2.57. The van der Waals surface area contributed by atoms with Crippen molar-refractivity contribution in [3.8, 4) is 0 Å². The van der Waals surface area contributed by atoms with E-state index in [1.165, 1.54) is 51.4 Å². The Hall–Kier alpha value is -0.0800. The van der Waals surface area contributed by atoms with E-state index in [-0.39, 0.29) is 11.7 Å². The Labute approximate surface area is 186 Å². The number of rotatable bonds is 6. The molecule has 4 fully saturated rings. The summed E-state index contributed by atoms with van der Waals surface area (Å²) in [6.45, 7) is 11.6. The van der Waals surface area contributed by atoms with Crippen LogP contribution in [-0.2, 0) is 0 Å². The highest BCUT2D eigenvalue weighted by Gasteiger charge is 2.58. The van der Waals surface area contributed by atoms with Gasteiger partial charge >= 0.3 is 0 Å². The maximum Gasteiger partial charge on any atom is 0.0648 e. The molecule has 0 heterocycles. The van der Waals surface area contributed by atoms with Crippen LogP contribution in [0.1, 0.15) is 112 Å². The molecular formula is C28H50O2. The van der Waals surface area contributed by atoms with Crippen LogP contribution in [0.2, 0.25) is 0 Å². The first-order valence-corrected chi connectivity index (χ1v) is 13.6. The van der Waals surface area contributed by atoms with Gasteiger partial charge in [-0.3, -0.25) is 0 Å².